The first kappa shape index (κ1) is 18.2. The Kier molecular flexibility index (Phi) is 4.59. The van der Waals surface area contributed by atoms with Crippen LogP contribution in [0.5, 0.6) is 0 Å². The fourth-order valence-corrected chi connectivity index (χ4v) is 4.11. The van der Waals surface area contributed by atoms with E-state index < -0.39 is 0 Å². The molecule has 0 spiro atoms. The Hall–Kier alpha value is -3.80. The number of nitrogens with one attached hydrogen (secondary N) is 1. The third kappa shape index (κ3) is 3.26. The number of benzene rings is 1. The van der Waals surface area contributed by atoms with Crippen molar-refractivity contribution in [3.63, 3.8) is 0 Å². The van der Waals surface area contributed by atoms with Crippen molar-refractivity contribution in [2.75, 3.05) is 18.0 Å². The summed E-state index contributed by atoms with van der Waals surface area (Å²) in [6.45, 7) is 1.42. The van der Waals surface area contributed by atoms with Crippen LogP contribution in [0.2, 0.25) is 0 Å². The summed E-state index contributed by atoms with van der Waals surface area (Å²) in [4.78, 5) is 24.3. The van der Waals surface area contributed by atoms with Crippen molar-refractivity contribution in [1.29, 1.82) is 5.26 Å². The maximum Gasteiger partial charge on any atom is 0.246 e. The monoisotopic (exact) mass is 400 g/mol. The highest BCUT2D eigenvalue weighted by atomic mass is 16.2. The summed E-state index contributed by atoms with van der Waals surface area (Å²) in [6, 6.07) is 9.42. The highest BCUT2D eigenvalue weighted by molar-refractivity contribution is 5.82. The number of amides is 1. The van der Waals surface area contributed by atoms with E-state index in [2.05, 4.69) is 36.2 Å². The predicted octanol–water partition coefficient (Wildman–Crippen LogP) is 2.40. The van der Waals surface area contributed by atoms with Gasteiger partial charge in [0.2, 0.25) is 11.9 Å². The zero-order chi connectivity index (χ0) is 20.5. The second-order valence-corrected chi connectivity index (χ2v) is 7.57. The number of nitriles is 1. The Bertz CT molecular complexity index is 1160. The molecule has 0 unspecified atom stereocenters. The molecule has 0 bridgehead atoms. The predicted molar refractivity (Wildman–Crippen MR) is 110 cm³/mol. The van der Waals surface area contributed by atoms with Gasteiger partial charge in [0.05, 0.1) is 29.3 Å². The number of hydrogen-bond acceptors (Lipinski definition) is 7. The van der Waals surface area contributed by atoms with Crippen LogP contribution < -0.4 is 4.90 Å². The van der Waals surface area contributed by atoms with Gasteiger partial charge in [0, 0.05) is 37.8 Å². The summed E-state index contributed by atoms with van der Waals surface area (Å²) in [5, 5.41) is 22.9. The highest BCUT2D eigenvalue weighted by Gasteiger charge is 2.35. The van der Waals surface area contributed by atoms with E-state index >= 15 is 0 Å². The summed E-state index contributed by atoms with van der Waals surface area (Å²) in [7, 11) is 0. The maximum absolute atomic E-state index is 13.2. The number of fused-ring (bicyclic) bond motifs is 1. The van der Waals surface area contributed by atoms with Gasteiger partial charge in [-0.3, -0.25) is 9.89 Å². The molecule has 4 heterocycles. The van der Waals surface area contributed by atoms with Crippen LogP contribution in [0.3, 0.4) is 0 Å². The molecule has 0 radical (unpaired) electrons. The van der Waals surface area contributed by atoms with Crippen molar-refractivity contribution in [3.05, 3.63) is 47.8 Å². The molecule has 1 aromatic carbocycles. The number of carbonyl (C=O) groups excluding carboxylic acids is 1. The summed E-state index contributed by atoms with van der Waals surface area (Å²) in [5.74, 6) is 0.609. The molecule has 3 aromatic rings. The van der Waals surface area contributed by atoms with E-state index in [4.69, 9.17) is 5.26 Å². The first-order chi connectivity index (χ1) is 14.7. The number of piperidine rings is 1. The summed E-state index contributed by atoms with van der Waals surface area (Å²) >= 11 is 0. The van der Waals surface area contributed by atoms with Crippen LogP contribution in [0.4, 0.5) is 5.95 Å². The number of aromatic amines is 1. The second-order valence-electron chi connectivity index (χ2n) is 7.57. The first-order valence-electron chi connectivity index (χ1n) is 9.99. The van der Waals surface area contributed by atoms with Crippen molar-refractivity contribution >= 4 is 29.1 Å². The van der Waals surface area contributed by atoms with Gasteiger partial charge in [0.25, 0.3) is 0 Å². The van der Waals surface area contributed by atoms with Gasteiger partial charge in [-0.05, 0) is 30.5 Å². The van der Waals surface area contributed by atoms with Crippen molar-refractivity contribution in [2.45, 2.75) is 25.3 Å². The van der Waals surface area contributed by atoms with Crippen LogP contribution in [-0.4, -0.2) is 50.4 Å². The van der Waals surface area contributed by atoms with Gasteiger partial charge in [0.1, 0.15) is 0 Å². The fraction of sp³-hybridized carbons (Fsp3) is 0.333. The lowest BCUT2D eigenvalue weighted by molar-refractivity contribution is -0.138. The minimum absolute atomic E-state index is 0.0423. The smallest absolute Gasteiger partial charge is 0.246 e. The van der Waals surface area contributed by atoms with Gasteiger partial charge in [-0.2, -0.15) is 20.4 Å². The largest absolute Gasteiger partial charge is 0.341 e. The van der Waals surface area contributed by atoms with Crippen molar-refractivity contribution in [2.24, 2.45) is 11.0 Å². The lowest BCUT2D eigenvalue weighted by Crippen LogP contribution is -2.41. The summed E-state index contributed by atoms with van der Waals surface area (Å²) in [5.41, 5.74) is 2.25. The van der Waals surface area contributed by atoms with Crippen LogP contribution in [0.1, 0.15) is 36.4 Å². The van der Waals surface area contributed by atoms with Gasteiger partial charge < -0.3 is 4.90 Å². The van der Waals surface area contributed by atoms with Crippen molar-refractivity contribution < 1.29 is 4.79 Å². The van der Waals surface area contributed by atoms with E-state index in [1.807, 2.05) is 18.2 Å². The minimum Gasteiger partial charge on any atom is -0.341 e. The number of nitrogens with zero attached hydrogens (tertiary/aromatic N) is 7. The van der Waals surface area contributed by atoms with Crippen molar-refractivity contribution in [3.8, 4) is 6.07 Å². The van der Waals surface area contributed by atoms with Gasteiger partial charge in [-0.1, -0.05) is 12.1 Å². The van der Waals surface area contributed by atoms with Gasteiger partial charge in [-0.15, -0.1) is 0 Å². The lowest BCUT2D eigenvalue weighted by atomic mass is 9.94. The van der Waals surface area contributed by atoms with Crippen LogP contribution in [0.15, 0.2) is 41.8 Å². The number of anilines is 1. The number of hydrazone groups is 1. The fourth-order valence-electron chi connectivity index (χ4n) is 4.11. The molecule has 9 nitrogen and oxygen atoms in total. The molecule has 5 rings (SSSR count). The average molecular weight is 400 g/mol. The van der Waals surface area contributed by atoms with Crippen LogP contribution in [0.25, 0.3) is 11.0 Å². The van der Waals surface area contributed by atoms with E-state index in [9.17, 15) is 4.79 Å². The normalized spacial score (nSPS) is 19.4. The van der Waals surface area contributed by atoms with Gasteiger partial charge >= 0.3 is 0 Å². The number of hydrogen-bond donors (Lipinski definition) is 1. The van der Waals surface area contributed by atoms with E-state index in [1.165, 1.54) is 0 Å². The number of aromatic nitrogens is 4. The number of rotatable bonds is 3. The zero-order valence-corrected chi connectivity index (χ0v) is 16.3. The molecule has 1 N–H and O–H groups in total. The van der Waals surface area contributed by atoms with Gasteiger partial charge in [0.15, 0.2) is 5.65 Å². The molecular formula is C21H20N8O. The Balaban J connectivity index is 1.26. The molecule has 2 aliphatic heterocycles. The Morgan fingerprint density at radius 1 is 1.23 bits per heavy atom. The second kappa shape index (κ2) is 7.55. The Labute approximate surface area is 173 Å². The van der Waals surface area contributed by atoms with E-state index in [0.29, 0.717) is 36.7 Å². The van der Waals surface area contributed by atoms with E-state index in [0.717, 1.165) is 23.8 Å². The molecule has 1 fully saturated rings. The molecule has 1 saturated heterocycles. The van der Waals surface area contributed by atoms with Crippen LogP contribution in [0, 0.1) is 17.2 Å². The molecule has 1 amide bonds. The molecule has 1 atom stereocenters. The topological polar surface area (TPSA) is 114 Å². The molecule has 0 aliphatic carbocycles. The Morgan fingerprint density at radius 2 is 2.10 bits per heavy atom. The third-order valence-electron chi connectivity index (χ3n) is 5.76. The molecule has 0 saturated carbocycles. The SMILES string of the molecule is N#Cc1cccc([C@@H]2CC=NN2C(=O)C2CCN(c3ncc4cn[nH]c4n3)CC2)c1. The van der Waals surface area contributed by atoms with E-state index in [1.54, 1.807) is 29.7 Å². The first-order valence-corrected chi connectivity index (χ1v) is 9.99. The molecule has 2 aliphatic rings. The molecule has 30 heavy (non-hydrogen) atoms. The van der Waals surface area contributed by atoms with Crippen LogP contribution >= 0.6 is 0 Å². The number of carbonyl (C=O) groups is 1. The van der Waals surface area contributed by atoms with Gasteiger partial charge in [-0.25, -0.2) is 9.99 Å². The zero-order valence-electron chi connectivity index (χ0n) is 16.3. The molecule has 9 heteroatoms. The van der Waals surface area contributed by atoms with E-state index in [-0.39, 0.29) is 17.9 Å². The number of H-pyrrole nitrogens is 1. The average Bonchev–Trinajstić information content (AvgIpc) is 3.48. The quantitative estimate of drug-likeness (QED) is 0.722. The molecule has 150 valence electrons. The Morgan fingerprint density at radius 3 is 2.93 bits per heavy atom. The highest BCUT2D eigenvalue weighted by Crippen LogP contribution is 2.32. The van der Waals surface area contributed by atoms with Crippen molar-refractivity contribution in [1.82, 2.24) is 25.2 Å². The summed E-state index contributed by atoms with van der Waals surface area (Å²) in [6.07, 6.45) is 7.35. The molecular weight excluding hydrogens is 380 g/mol. The standard InChI is InChI=1S/C21H20N8O/c22-11-14-2-1-3-16(10-14)18-4-7-25-29(18)20(30)15-5-8-28(9-6-15)21-23-12-17-13-24-27-19(17)26-21/h1-3,7,10,12-13,15,18H,4-6,8-9H2,(H,23,24,26,27)/t18-/m0/s1. The van der Waals surface area contributed by atoms with Crippen LogP contribution in [-0.2, 0) is 4.79 Å². The lowest BCUT2D eigenvalue weighted by Gasteiger charge is -2.33. The summed E-state index contributed by atoms with van der Waals surface area (Å²) < 4.78 is 0. The molecule has 2 aromatic heterocycles. The third-order valence-corrected chi connectivity index (χ3v) is 5.76. The minimum atomic E-state index is -0.144. The maximum atomic E-state index is 13.2.